The van der Waals surface area contributed by atoms with Gasteiger partial charge in [0.25, 0.3) is 0 Å². The lowest BCUT2D eigenvalue weighted by Gasteiger charge is -2.24. The smallest absolute Gasteiger partial charge is 0.417 e. The number of benzene rings is 3. The largest absolute Gasteiger partial charge is 0.497 e. The molecule has 10 heteroatoms. The molecule has 3 rings (SSSR count). The monoisotopic (exact) mass is 478 g/mol. The first-order valence-electron chi connectivity index (χ1n) is 9.75. The van der Waals surface area contributed by atoms with E-state index in [1.165, 1.54) is 19.2 Å². The van der Waals surface area contributed by atoms with Gasteiger partial charge in [0.15, 0.2) is 0 Å². The summed E-state index contributed by atoms with van der Waals surface area (Å²) in [6.45, 7) is -0.985. The summed E-state index contributed by atoms with van der Waals surface area (Å²) in [5.41, 5.74) is -0.428. The summed E-state index contributed by atoms with van der Waals surface area (Å²) in [6, 6.07) is 18.6. The number of hydrogen-bond donors (Lipinski definition) is 1. The molecule has 1 amide bonds. The normalized spacial score (nSPS) is 11.9. The van der Waals surface area contributed by atoms with E-state index < -0.39 is 39.1 Å². The lowest BCUT2D eigenvalue weighted by Crippen LogP contribution is -2.38. The summed E-state index contributed by atoms with van der Waals surface area (Å²) < 4.78 is 73.0. The zero-order valence-electron chi connectivity index (χ0n) is 17.5. The van der Waals surface area contributed by atoms with Crippen molar-refractivity contribution >= 4 is 21.6 Å². The van der Waals surface area contributed by atoms with Gasteiger partial charge < -0.3 is 10.1 Å². The van der Waals surface area contributed by atoms with E-state index in [0.29, 0.717) is 23.1 Å². The zero-order valence-corrected chi connectivity index (χ0v) is 18.4. The quantitative estimate of drug-likeness (QED) is 0.516. The maximum Gasteiger partial charge on any atom is 0.417 e. The van der Waals surface area contributed by atoms with Crippen LogP contribution >= 0.6 is 0 Å². The van der Waals surface area contributed by atoms with Gasteiger partial charge in [-0.3, -0.25) is 4.79 Å². The molecule has 174 valence electrons. The Kier molecular flexibility index (Phi) is 7.39. The summed E-state index contributed by atoms with van der Waals surface area (Å²) in [5, 5.41) is 2.55. The van der Waals surface area contributed by atoms with Crippen molar-refractivity contribution in [2.45, 2.75) is 17.6 Å². The van der Waals surface area contributed by atoms with Gasteiger partial charge in [-0.2, -0.15) is 17.5 Å². The maximum absolute atomic E-state index is 13.5. The molecule has 0 aliphatic carbocycles. The predicted octanol–water partition coefficient (Wildman–Crippen LogP) is 4.54. The molecule has 0 fully saturated rings. The second kappa shape index (κ2) is 10.1. The zero-order chi connectivity index (χ0) is 24.1. The Morgan fingerprint density at radius 3 is 2.30 bits per heavy atom. The van der Waals surface area contributed by atoms with Crippen LogP contribution in [0.25, 0.3) is 0 Å². The van der Waals surface area contributed by atoms with E-state index in [1.807, 2.05) is 0 Å². The molecule has 0 aliphatic rings. The number of sulfonamides is 1. The third-order valence-corrected chi connectivity index (χ3v) is 6.54. The number of halogens is 3. The molecule has 3 aromatic rings. The number of carbonyl (C=O) groups excluding carboxylic acids is 1. The number of amides is 1. The molecule has 33 heavy (non-hydrogen) atoms. The molecule has 0 heterocycles. The maximum atomic E-state index is 13.5. The van der Waals surface area contributed by atoms with Gasteiger partial charge >= 0.3 is 6.18 Å². The summed E-state index contributed by atoms with van der Waals surface area (Å²) in [5.74, 6) is -0.243. The van der Waals surface area contributed by atoms with Gasteiger partial charge in [0, 0.05) is 18.3 Å². The molecule has 6 nitrogen and oxygen atoms in total. The van der Waals surface area contributed by atoms with Crippen LogP contribution in [0.3, 0.4) is 0 Å². The highest BCUT2D eigenvalue weighted by atomic mass is 32.2. The van der Waals surface area contributed by atoms with Crippen LogP contribution in [0.5, 0.6) is 5.75 Å². The average molecular weight is 478 g/mol. The van der Waals surface area contributed by atoms with Crippen molar-refractivity contribution in [3.05, 3.63) is 90.0 Å². The van der Waals surface area contributed by atoms with Gasteiger partial charge in [-0.25, -0.2) is 8.42 Å². The molecule has 0 radical (unpaired) electrons. The van der Waals surface area contributed by atoms with Gasteiger partial charge in [-0.1, -0.05) is 48.5 Å². The first kappa shape index (κ1) is 24.3. The predicted molar refractivity (Wildman–Crippen MR) is 117 cm³/mol. The number of hydrogen-bond acceptors (Lipinski definition) is 4. The lowest BCUT2D eigenvalue weighted by molar-refractivity contribution is -0.139. The van der Waals surface area contributed by atoms with Crippen molar-refractivity contribution in [2.75, 3.05) is 19.0 Å². The van der Waals surface area contributed by atoms with Gasteiger partial charge in [0.2, 0.25) is 15.9 Å². The van der Waals surface area contributed by atoms with Crippen molar-refractivity contribution < 1.29 is 31.1 Å². The topological polar surface area (TPSA) is 75.7 Å². The number of nitrogens with one attached hydrogen (secondary N) is 1. The SMILES string of the molecule is COc1cccc(NC(=O)CN(Cc2ccccc2)S(=O)(=O)c2ccccc2C(F)(F)F)c1. The number of methoxy groups -OCH3 is 1. The summed E-state index contributed by atoms with van der Waals surface area (Å²) in [6.07, 6.45) is -4.88. The third kappa shape index (κ3) is 6.11. The van der Waals surface area contributed by atoms with Gasteiger partial charge in [-0.05, 0) is 29.8 Å². The Morgan fingerprint density at radius 2 is 1.64 bits per heavy atom. The van der Waals surface area contributed by atoms with Crippen LogP contribution in [0.15, 0.2) is 83.8 Å². The number of ether oxygens (including phenoxy) is 1. The average Bonchev–Trinajstić information content (AvgIpc) is 2.79. The van der Waals surface area contributed by atoms with E-state index in [9.17, 15) is 26.4 Å². The Hall–Kier alpha value is -3.37. The molecule has 0 aliphatic heterocycles. The first-order valence-corrected chi connectivity index (χ1v) is 11.2. The molecule has 0 unspecified atom stereocenters. The van der Waals surface area contributed by atoms with E-state index in [2.05, 4.69) is 5.32 Å². The molecular formula is C23H21F3N2O4S. The van der Waals surface area contributed by atoms with Crippen molar-refractivity contribution in [3.8, 4) is 5.75 Å². The Balaban J connectivity index is 1.95. The van der Waals surface area contributed by atoms with E-state index in [4.69, 9.17) is 4.74 Å². The second-order valence-corrected chi connectivity index (χ2v) is 8.94. The number of carbonyl (C=O) groups is 1. The molecular weight excluding hydrogens is 457 g/mol. The minimum absolute atomic E-state index is 0.291. The Labute approximate surface area is 189 Å². The molecule has 0 spiro atoms. The van der Waals surface area contributed by atoms with Crippen molar-refractivity contribution in [2.24, 2.45) is 0 Å². The standard InChI is InChI=1S/C23H21F3N2O4S/c1-32-19-11-7-10-18(14-19)27-22(29)16-28(15-17-8-3-2-4-9-17)33(30,31)21-13-6-5-12-20(21)23(24,25)26/h2-14H,15-16H2,1H3,(H,27,29). The van der Waals surface area contributed by atoms with Crippen LogP contribution in [0.4, 0.5) is 18.9 Å². The fourth-order valence-corrected chi connectivity index (χ4v) is 4.74. The van der Waals surface area contributed by atoms with Crippen LogP contribution in [0.2, 0.25) is 0 Å². The van der Waals surface area contributed by atoms with E-state index >= 15 is 0 Å². The van der Waals surface area contributed by atoms with Crippen LogP contribution in [0, 0.1) is 0 Å². The van der Waals surface area contributed by atoms with Gasteiger partial charge in [0.05, 0.1) is 24.1 Å². The molecule has 1 N–H and O–H groups in total. The third-order valence-electron chi connectivity index (χ3n) is 4.69. The van der Waals surface area contributed by atoms with E-state index in [-0.39, 0.29) is 6.54 Å². The highest BCUT2D eigenvalue weighted by Gasteiger charge is 2.39. The number of nitrogens with zero attached hydrogens (tertiary/aromatic N) is 1. The molecule has 0 atom stereocenters. The Bertz CT molecular complexity index is 1220. The fraction of sp³-hybridized carbons (Fsp3) is 0.174. The lowest BCUT2D eigenvalue weighted by atomic mass is 10.2. The van der Waals surface area contributed by atoms with Crippen LogP contribution in [0.1, 0.15) is 11.1 Å². The van der Waals surface area contributed by atoms with Crippen molar-refractivity contribution in [1.29, 1.82) is 0 Å². The molecule has 0 saturated heterocycles. The highest BCUT2D eigenvalue weighted by molar-refractivity contribution is 7.89. The molecule has 0 aromatic heterocycles. The van der Waals surface area contributed by atoms with Crippen LogP contribution in [-0.4, -0.2) is 32.3 Å². The summed E-state index contributed by atoms with van der Waals surface area (Å²) >= 11 is 0. The van der Waals surface area contributed by atoms with E-state index in [1.54, 1.807) is 48.5 Å². The minimum atomic E-state index is -4.88. The van der Waals surface area contributed by atoms with Crippen LogP contribution < -0.4 is 10.1 Å². The molecule has 3 aromatic carbocycles. The minimum Gasteiger partial charge on any atom is -0.497 e. The first-order chi connectivity index (χ1) is 15.6. The van der Waals surface area contributed by atoms with Crippen LogP contribution in [-0.2, 0) is 27.5 Å². The Morgan fingerprint density at radius 1 is 0.970 bits per heavy atom. The van der Waals surface area contributed by atoms with Crippen molar-refractivity contribution in [1.82, 2.24) is 4.31 Å². The molecule has 0 bridgehead atoms. The number of alkyl halides is 3. The fourth-order valence-electron chi connectivity index (χ4n) is 3.14. The van der Waals surface area contributed by atoms with Crippen molar-refractivity contribution in [3.63, 3.8) is 0 Å². The highest BCUT2D eigenvalue weighted by Crippen LogP contribution is 2.35. The number of anilines is 1. The second-order valence-electron chi connectivity index (χ2n) is 7.03. The number of rotatable bonds is 8. The summed E-state index contributed by atoms with van der Waals surface area (Å²) in [4.78, 5) is 11.8. The van der Waals surface area contributed by atoms with E-state index in [0.717, 1.165) is 16.4 Å². The summed E-state index contributed by atoms with van der Waals surface area (Å²) in [7, 11) is -3.23. The van der Waals surface area contributed by atoms with Gasteiger partial charge in [0.1, 0.15) is 5.75 Å². The molecule has 0 saturated carbocycles. The van der Waals surface area contributed by atoms with Gasteiger partial charge in [-0.15, -0.1) is 0 Å².